The first-order valence-electron chi connectivity index (χ1n) is 7.17. The van der Waals surface area contributed by atoms with Crippen molar-refractivity contribution < 1.29 is 4.79 Å². The van der Waals surface area contributed by atoms with Gasteiger partial charge in [0.1, 0.15) is 5.69 Å². The first kappa shape index (κ1) is 14.7. The number of amides is 1. The number of nitrogens with zero attached hydrogens (tertiary/aromatic N) is 1. The van der Waals surface area contributed by atoms with Crippen LogP contribution >= 0.6 is 11.6 Å². The van der Waals surface area contributed by atoms with Gasteiger partial charge < -0.3 is 9.88 Å². The molecule has 3 nitrogen and oxygen atoms in total. The number of aryl methyl sites for hydroxylation is 1. The van der Waals surface area contributed by atoms with Gasteiger partial charge in [-0.2, -0.15) is 0 Å². The van der Waals surface area contributed by atoms with Crippen molar-refractivity contribution in [3.8, 4) is 0 Å². The number of hydrogen-bond donors (Lipinski definition) is 1. The lowest BCUT2D eigenvalue weighted by atomic mass is 10.1. The molecule has 0 aliphatic rings. The van der Waals surface area contributed by atoms with E-state index >= 15 is 0 Å². The van der Waals surface area contributed by atoms with Crippen LogP contribution in [0.1, 0.15) is 29.0 Å². The molecule has 22 heavy (non-hydrogen) atoms. The van der Waals surface area contributed by atoms with E-state index in [1.807, 2.05) is 73.1 Å². The summed E-state index contributed by atoms with van der Waals surface area (Å²) < 4.78 is 1.87. The SMILES string of the molecule is C[C@@H](NC(=O)c1cc2ccc(Cl)cc2n1C)c1ccccc1. The molecule has 2 aromatic carbocycles. The average molecular weight is 313 g/mol. The number of rotatable bonds is 3. The van der Waals surface area contributed by atoms with Gasteiger partial charge in [0.2, 0.25) is 0 Å². The standard InChI is InChI=1S/C18H17ClN2O/c1-12(13-6-4-3-5-7-13)20-18(22)17-10-14-8-9-15(19)11-16(14)21(17)2/h3-12H,1-2H3,(H,20,22)/t12-/m1/s1. The summed E-state index contributed by atoms with van der Waals surface area (Å²) in [5.41, 5.74) is 2.66. The molecule has 1 aromatic heterocycles. The predicted molar refractivity (Wildman–Crippen MR) is 90.3 cm³/mol. The van der Waals surface area contributed by atoms with Crippen LogP contribution in [0.3, 0.4) is 0 Å². The van der Waals surface area contributed by atoms with Crippen LogP contribution in [0.5, 0.6) is 0 Å². The van der Waals surface area contributed by atoms with Crippen molar-refractivity contribution in [1.29, 1.82) is 0 Å². The molecule has 1 amide bonds. The number of carbonyl (C=O) groups excluding carboxylic acids is 1. The van der Waals surface area contributed by atoms with Crippen LogP contribution in [0.25, 0.3) is 10.9 Å². The zero-order chi connectivity index (χ0) is 15.7. The van der Waals surface area contributed by atoms with Gasteiger partial charge in [0.25, 0.3) is 5.91 Å². The maximum Gasteiger partial charge on any atom is 0.268 e. The average Bonchev–Trinajstić information content (AvgIpc) is 2.85. The Morgan fingerprint density at radius 3 is 2.59 bits per heavy atom. The van der Waals surface area contributed by atoms with Gasteiger partial charge in [-0.15, -0.1) is 0 Å². The molecule has 3 rings (SSSR count). The van der Waals surface area contributed by atoms with Crippen LogP contribution in [0, 0.1) is 0 Å². The molecule has 0 bridgehead atoms. The fourth-order valence-electron chi connectivity index (χ4n) is 2.62. The number of halogens is 1. The number of hydrogen-bond acceptors (Lipinski definition) is 1. The molecule has 0 radical (unpaired) electrons. The summed E-state index contributed by atoms with van der Waals surface area (Å²) in [6.07, 6.45) is 0. The van der Waals surface area contributed by atoms with Crippen molar-refractivity contribution in [3.05, 3.63) is 70.9 Å². The van der Waals surface area contributed by atoms with E-state index in [1.54, 1.807) is 0 Å². The van der Waals surface area contributed by atoms with E-state index in [-0.39, 0.29) is 11.9 Å². The van der Waals surface area contributed by atoms with E-state index in [0.717, 1.165) is 16.5 Å². The molecule has 3 aromatic rings. The van der Waals surface area contributed by atoms with E-state index in [9.17, 15) is 4.79 Å². The fourth-order valence-corrected chi connectivity index (χ4v) is 2.78. The Kier molecular flexibility index (Phi) is 3.90. The highest BCUT2D eigenvalue weighted by Crippen LogP contribution is 2.23. The Bertz CT molecular complexity index is 824. The minimum Gasteiger partial charge on any atom is -0.344 e. The van der Waals surface area contributed by atoms with E-state index < -0.39 is 0 Å². The van der Waals surface area contributed by atoms with Crippen LogP contribution in [0.4, 0.5) is 0 Å². The van der Waals surface area contributed by atoms with Crippen molar-refractivity contribution in [2.75, 3.05) is 0 Å². The second-order valence-corrected chi connectivity index (χ2v) is 5.83. The third-order valence-electron chi connectivity index (χ3n) is 3.89. The smallest absolute Gasteiger partial charge is 0.268 e. The van der Waals surface area contributed by atoms with E-state index in [2.05, 4.69) is 5.32 Å². The molecule has 0 aliphatic carbocycles. The first-order valence-corrected chi connectivity index (χ1v) is 7.55. The molecule has 1 atom stereocenters. The quantitative estimate of drug-likeness (QED) is 0.767. The summed E-state index contributed by atoms with van der Waals surface area (Å²) in [6, 6.07) is 17.4. The normalized spacial score (nSPS) is 12.3. The monoisotopic (exact) mass is 312 g/mol. The fraction of sp³-hybridized carbons (Fsp3) is 0.167. The van der Waals surface area contributed by atoms with Crippen LogP contribution in [0.2, 0.25) is 5.02 Å². The minimum atomic E-state index is -0.0915. The van der Waals surface area contributed by atoms with Gasteiger partial charge >= 0.3 is 0 Å². The minimum absolute atomic E-state index is 0.0460. The maximum atomic E-state index is 12.5. The van der Waals surface area contributed by atoms with Crippen molar-refractivity contribution in [1.82, 2.24) is 9.88 Å². The molecule has 4 heteroatoms. The largest absolute Gasteiger partial charge is 0.344 e. The Labute approximate surface area is 134 Å². The zero-order valence-electron chi connectivity index (χ0n) is 12.5. The Hall–Kier alpha value is -2.26. The van der Waals surface area contributed by atoms with Gasteiger partial charge in [-0.1, -0.05) is 48.0 Å². The molecule has 0 saturated heterocycles. The lowest BCUT2D eigenvalue weighted by molar-refractivity contribution is 0.0932. The lowest BCUT2D eigenvalue weighted by Gasteiger charge is -2.14. The molecule has 0 aliphatic heterocycles. The van der Waals surface area contributed by atoms with Gasteiger partial charge in [-0.05, 0) is 30.7 Å². The third-order valence-corrected chi connectivity index (χ3v) is 4.12. The van der Waals surface area contributed by atoms with E-state index in [4.69, 9.17) is 11.6 Å². The van der Waals surface area contributed by atoms with Crippen LogP contribution in [-0.4, -0.2) is 10.5 Å². The first-order chi connectivity index (χ1) is 10.6. The number of benzene rings is 2. The van der Waals surface area contributed by atoms with Gasteiger partial charge in [-0.3, -0.25) is 4.79 Å². The number of nitrogens with one attached hydrogen (secondary N) is 1. The Morgan fingerprint density at radius 2 is 1.86 bits per heavy atom. The second-order valence-electron chi connectivity index (χ2n) is 5.40. The molecule has 112 valence electrons. The summed E-state index contributed by atoms with van der Waals surface area (Å²) in [6.45, 7) is 1.98. The molecule has 0 fully saturated rings. The Balaban J connectivity index is 1.88. The molecule has 0 spiro atoms. The molecule has 0 saturated carbocycles. The zero-order valence-corrected chi connectivity index (χ0v) is 13.3. The molecule has 0 unspecified atom stereocenters. The third kappa shape index (κ3) is 2.72. The summed E-state index contributed by atoms with van der Waals surface area (Å²) in [4.78, 5) is 12.5. The molecular weight excluding hydrogens is 296 g/mol. The van der Waals surface area contributed by atoms with Gasteiger partial charge in [-0.25, -0.2) is 0 Å². The maximum absolute atomic E-state index is 12.5. The number of carbonyl (C=O) groups is 1. The van der Waals surface area contributed by atoms with Gasteiger partial charge in [0.15, 0.2) is 0 Å². The van der Waals surface area contributed by atoms with Crippen LogP contribution in [0.15, 0.2) is 54.6 Å². The van der Waals surface area contributed by atoms with Crippen LogP contribution in [-0.2, 0) is 7.05 Å². The molecular formula is C18H17ClN2O. The topological polar surface area (TPSA) is 34.0 Å². The summed E-state index contributed by atoms with van der Waals surface area (Å²) in [7, 11) is 1.88. The van der Waals surface area contributed by atoms with Crippen molar-refractivity contribution in [2.24, 2.45) is 7.05 Å². The Morgan fingerprint density at radius 1 is 1.14 bits per heavy atom. The lowest BCUT2D eigenvalue weighted by Crippen LogP contribution is -2.28. The predicted octanol–water partition coefficient (Wildman–Crippen LogP) is 4.32. The van der Waals surface area contributed by atoms with Gasteiger partial charge in [0.05, 0.1) is 6.04 Å². The van der Waals surface area contributed by atoms with E-state index in [0.29, 0.717) is 10.7 Å². The molecule has 1 heterocycles. The number of fused-ring (bicyclic) bond motifs is 1. The highest BCUT2D eigenvalue weighted by molar-refractivity contribution is 6.31. The van der Waals surface area contributed by atoms with Crippen molar-refractivity contribution in [2.45, 2.75) is 13.0 Å². The van der Waals surface area contributed by atoms with Crippen molar-refractivity contribution in [3.63, 3.8) is 0 Å². The second kappa shape index (κ2) is 5.85. The van der Waals surface area contributed by atoms with Gasteiger partial charge in [0, 0.05) is 23.0 Å². The molecule has 1 N–H and O–H groups in total. The van der Waals surface area contributed by atoms with Crippen molar-refractivity contribution >= 4 is 28.4 Å². The van der Waals surface area contributed by atoms with E-state index in [1.165, 1.54) is 0 Å². The summed E-state index contributed by atoms with van der Waals surface area (Å²) >= 11 is 6.03. The van der Waals surface area contributed by atoms with Crippen LogP contribution < -0.4 is 5.32 Å². The highest BCUT2D eigenvalue weighted by Gasteiger charge is 2.16. The highest BCUT2D eigenvalue weighted by atomic mass is 35.5. The number of aromatic nitrogens is 1. The summed E-state index contributed by atoms with van der Waals surface area (Å²) in [5.74, 6) is -0.0915. The summed E-state index contributed by atoms with van der Waals surface area (Å²) in [5, 5.41) is 4.71.